The van der Waals surface area contributed by atoms with Crippen LogP contribution in [0.15, 0.2) is 18.3 Å². The van der Waals surface area contributed by atoms with Crippen molar-refractivity contribution in [3.05, 3.63) is 23.9 Å². The van der Waals surface area contributed by atoms with Gasteiger partial charge in [0.2, 0.25) is 0 Å². The molecule has 2 atom stereocenters. The lowest BCUT2D eigenvalue weighted by atomic mass is 10.1. The van der Waals surface area contributed by atoms with E-state index in [0.29, 0.717) is 6.42 Å². The molecule has 2 N–H and O–H groups in total. The van der Waals surface area contributed by atoms with E-state index in [1.54, 1.807) is 6.20 Å². The van der Waals surface area contributed by atoms with Crippen molar-refractivity contribution in [2.45, 2.75) is 25.4 Å². The maximum absolute atomic E-state index is 11.5. The van der Waals surface area contributed by atoms with Crippen LogP contribution in [0.1, 0.15) is 24.9 Å². The number of rotatable bonds is 3. The summed E-state index contributed by atoms with van der Waals surface area (Å²) in [5.74, 6) is 1.29. The van der Waals surface area contributed by atoms with E-state index in [2.05, 4.69) is 4.98 Å². The third kappa shape index (κ3) is 2.81. The number of pyridine rings is 1. The summed E-state index contributed by atoms with van der Waals surface area (Å²) in [4.78, 5) is 6.28. The molecule has 0 saturated carbocycles. The van der Waals surface area contributed by atoms with Crippen molar-refractivity contribution in [3.63, 3.8) is 0 Å². The molecule has 1 saturated heterocycles. The second-order valence-corrected chi connectivity index (χ2v) is 7.13. The van der Waals surface area contributed by atoms with Crippen molar-refractivity contribution in [2.75, 3.05) is 23.5 Å². The highest BCUT2D eigenvalue weighted by Gasteiger charge is 2.31. The number of nitrogens with zero attached hydrogens (tertiary/aromatic N) is 2. The predicted octanol–water partition coefficient (Wildman–Crippen LogP) is 0.725. The van der Waals surface area contributed by atoms with Crippen LogP contribution >= 0.6 is 0 Å². The van der Waals surface area contributed by atoms with Gasteiger partial charge < -0.3 is 10.6 Å². The maximum atomic E-state index is 11.5. The van der Waals surface area contributed by atoms with Crippen molar-refractivity contribution >= 4 is 15.7 Å². The zero-order chi connectivity index (χ0) is 13.3. The van der Waals surface area contributed by atoms with Crippen molar-refractivity contribution in [1.29, 1.82) is 0 Å². The standard InChI is InChI=1S/C12H19N3O2S/c1-9(13)10-3-4-12(14-7-10)15(2)11-5-6-18(16,17)8-11/h3-4,7,9,11H,5-6,8,13H2,1-2H3. The van der Waals surface area contributed by atoms with Crippen molar-refractivity contribution in [2.24, 2.45) is 5.73 Å². The molecule has 2 rings (SSSR count). The Labute approximate surface area is 108 Å². The summed E-state index contributed by atoms with van der Waals surface area (Å²) in [5.41, 5.74) is 6.74. The zero-order valence-corrected chi connectivity index (χ0v) is 11.5. The monoisotopic (exact) mass is 269 g/mol. The zero-order valence-electron chi connectivity index (χ0n) is 10.7. The summed E-state index contributed by atoms with van der Waals surface area (Å²) in [5, 5.41) is 0. The van der Waals surface area contributed by atoms with Crippen LogP contribution in [0.4, 0.5) is 5.82 Å². The molecule has 5 nitrogen and oxygen atoms in total. The Morgan fingerprint density at radius 1 is 1.50 bits per heavy atom. The Morgan fingerprint density at radius 2 is 2.22 bits per heavy atom. The van der Waals surface area contributed by atoms with E-state index in [-0.39, 0.29) is 23.6 Å². The summed E-state index contributed by atoms with van der Waals surface area (Å²) in [6.07, 6.45) is 2.43. The minimum Gasteiger partial charge on any atom is -0.356 e. The van der Waals surface area contributed by atoms with Crippen LogP contribution in [0.2, 0.25) is 0 Å². The van der Waals surface area contributed by atoms with Crippen LogP contribution in [0.25, 0.3) is 0 Å². The Kier molecular flexibility index (Phi) is 3.59. The molecule has 100 valence electrons. The quantitative estimate of drug-likeness (QED) is 0.875. The molecule has 0 spiro atoms. The molecule has 1 aliphatic heterocycles. The maximum Gasteiger partial charge on any atom is 0.152 e. The average molecular weight is 269 g/mol. The van der Waals surface area contributed by atoms with E-state index in [1.165, 1.54) is 0 Å². The average Bonchev–Trinajstić information content (AvgIpc) is 2.69. The second kappa shape index (κ2) is 4.85. The van der Waals surface area contributed by atoms with Gasteiger partial charge in [0.15, 0.2) is 9.84 Å². The minimum atomic E-state index is -2.86. The van der Waals surface area contributed by atoms with Gasteiger partial charge in [0.25, 0.3) is 0 Å². The molecule has 1 aromatic heterocycles. The molecule has 2 heterocycles. The van der Waals surface area contributed by atoms with E-state index in [4.69, 9.17) is 5.73 Å². The Hall–Kier alpha value is -1.14. The molecular formula is C12H19N3O2S. The first-order valence-electron chi connectivity index (χ1n) is 6.04. The van der Waals surface area contributed by atoms with Gasteiger partial charge in [0.05, 0.1) is 11.5 Å². The number of sulfone groups is 1. The predicted molar refractivity (Wildman–Crippen MR) is 72.3 cm³/mol. The molecule has 0 amide bonds. The van der Waals surface area contributed by atoms with Crippen LogP contribution in [0.5, 0.6) is 0 Å². The lowest BCUT2D eigenvalue weighted by Gasteiger charge is -2.24. The number of hydrogen-bond acceptors (Lipinski definition) is 5. The second-order valence-electron chi connectivity index (χ2n) is 4.91. The van der Waals surface area contributed by atoms with E-state index in [0.717, 1.165) is 11.4 Å². The van der Waals surface area contributed by atoms with Crippen molar-refractivity contribution in [3.8, 4) is 0 Å². The molecular weight excluding hydrogens is 250 g/mol. The first-order chi connectivity index (χ1) is 8.39. The van der Waals surface area contributed by atoms with E-state index in [9.17, 15) is 8.42 Å². The summed E-state index contributed by atoms with van der Waals surface area (Å²) >= 11 is 0. The van der Waals surface area contributed by atoms with Crippen LogP contribution in [0.3, 0.4) is 0 Å². The first-order valence-corrected chi connectivity index (χ1v) is 7.86. The van der Waals surface area contributed by atoms with Gasteiger partial charge in [-0.05, 0) is 25.0 Å². The first kappa shape index (κ1) is 13.3. The van der Waals surface area contributed by atoms with Crippen LogP contribution in [-0.2, 0) is 9.84 Å². The number of anilines is 1. The fourth-order valence-corrected chi connectivity index (χ4v) is 3.92. The summed E-state index contributed by atoms with van der Waals surface area (Å²) in [6.45, 7) is 1.91. The normalized spacial score (nSPS) is 23.8. The molecule has 0 radical (unpaired) electrons. The number of hydrogen-bond donors (Lipinski definition) is 1. The molecule has 18 heavy (non-hydrogen) atoms. The van der Waals surface area contributed by atoms with E-state index in [1.807, 2.05) is 31.0 Å². The minimum absolute atomic E-state index is 0.0312. The third-order valence-corrected chi connectivity index (χ3v) is 5.16. The third-order valence-electron chi connectivity index (χ3n) is 3.41. The van der Waals surface area contributed by atoms with Crippen molar-refractivity contribution < 1.29 is 8.42 Å². The van der Waals surface area contributed by atoms with E-state index < -0.39 is 9.84 Å². The van der Waals surface area contributed by atoms with Gasteiger partial charge in [-0.15, -0.1) is 0 Å². The highest BCUT2D eigenvalue weighted by molar-refractivity contribution is 7.91. The Balaban J connectivity index is 2.12. The van der Waals surface area contributed by atoms with Gasteiger partial charge in [-0.2, -0.15) is 0 Å². The number of aromatic nitrogens is 1. The highest BCUT2D eigenvalue weighted by atomic mass is 32.2. The van der Waals surface area contributed by atoms with Crippen molar-refractivity contribution in [1.82, 2.24) is 4.98 Å². The summed E-state index contributed by atoms with van der Waals surface area (Å²) in [7, 11) is -0.971. The Morgan fingerprint density at radius 3 is 2.67 bits per heavy atom. The highest BCUT2D eigenvalue weighted by Crippen LogP contribution is 2.22. The summed E-state index contributed by atoms with van der Waals surface area (Å²) < 4.78 is 22.9. The van der Waals surface area contributed by atoms with Gasteiger partial charge in [0.1, 0.15) is 5.82 Å². The number of nitrogens with two attached hydrogens (primary N) is 1. The fraction of sp³-hybridized carbons (Fsp3) is 0.583. The lowest BCUT2D eigenvalue weighted by Crippen LogP contribution is -2.33. The molecule has 1 aliphatic rings. The summed E-state index contributed by atoms with van der Waals surface area (Å²) in [6, 6.07) is 3.82. The molecule has 1 fully saturated rings. The molecule has 0 aliphatic carbocycles. The van der Waals surface area contributed by atoms with Crippen LogP contribution in [-0.4, -0.2) is 38.0 Å². The van der Waals surface area contributed by atoms with Gasteiger partial charge in [-0.25, -0.2) is 13.4 Å². The fourth-order valence-electron chi connectivity index (χ4n) is 2.14. The largest absolute Gasteiger partial charge is 0.356 e. The molecule has 0 bridgehead atoms. The topological polar surface area (TPSA) is 76.3 Å². The van der Waals surface area contributed by atoms with Crippen LogP contribution in [0, 0.1) is 0 Å². The van der Waals surface area contributed by atoms with Crippen LogP contribution < -0.4 is 10.6 Å². The molecule has 6 heteroatoms. The van der Waals surface area contributed by atoms with Gasteiger partial charge in [-0.3, -0.25) is 0 Å². The Bertz CT molecular complexity index is 511. The van der Waals surface area contributed by atoms with E-state index >= 15 is 0 Å². The van der Waals surface area contributed by atoms with Gasteiger partial charge in [-0.1, -0.05) is 6.07 Å². The van der Waals surface area contributed by atoms with Gasteiger partial charge in [0, 0.05) is 25.3 Å². The molecule has 0 aromatic carbocycles. The smallest absolute Gasteiger partial charge is 0.152 e. The molecule has 2 unspecified atom stereocenters. The molecule has 1 aromatic rings. The van der Waals surface area contributed by atoms with Gasteiger partial charge >= 0.3 is 0 Å². The SMILES string of the molecule is CC(N)c1ccc(N(C)C2CCS(=O)(=O)C2)nc1. The lowest BCUT2D eigenvalue weighted by molar-refractivity contribution is 0.600.